The summed E-state index contributed by atoms with van der Waals surface area (Å²) in [5.74, 6) is -0.657. The topological polar surface area (TPSA) is 83.6 Å². The summed E-state index contributed by atoms with van der Waals surface area (Å²) in [6, 6.07) is 11.9. The van der Waals surface area contributed by atoms with Gasteiger partial charge >= 0.3 is 0 Å². The molecule has 0 aliphatic rings. The first kappa shape index (κ1) is 13.5. The quantitative estimate of drug-likeness (QED) is 0.834. The molecular weight excluding hydrogens is 264 g/mol. The maximum atomic E-state index is 11.5. The molecule has 2 aromatic rings. The summed E-state index contributed by atoms with van der Waals surface area (Å²) in [5.41, 5.74) is 5.73. The Morgan fingerprint density at radius 3 is 2.53 bits per heavy atom. The zero-order valence-electron chi connectivity index (χ0n) is 10.3. The van der Waals surface area contributed by atoms with Crippen LogP contribution in [0.25, 0.3) is 10.8 Å². The highest BCUT2D eigenvalue weighted by Gasteiger charge is 2.25. The van der Waals surface area contributed by atoms with Crippen molar-refractivity contribution in [2.24, 2.45) is 5.73 Å². The number of hydrogen-bond donors (Lipinski definition) is 2. The van der Waals surface area contributed by atoms with Gasteiger partial charge in [0.2, 0.25) is 5.91 Å². The fourth-order valence-electron chi connectivity index (χ4n) is 1.94. The lowest BCUT2D eigenvalue weighted by Crippen LogP contribution is -2.43. The van der Waals surface area contributed by atoms with Crippen LogP contribution in [0.5, 0.6) is 0 Å². The molecular formula is C13H14N2O3S. The zero-order chi connectivity index (χ0) is 14.0. The summed E-state index contributed by atoms with van der Waals surface area (Å²) in [7, 11) is 0. The molecule has 100 valence electrons. The molecule has 0 heterocycles. The fourth-order valence-corrected chi connectivity index (χ4v) is 2.65. The highest BCUT2D eigenvalue weighted by atomic mass is 32.2. The van der Waals surface area contributed by atoms with Crippen LogP contribution in [0.15, 0.2) is 42.5 Å². The monoisotopic (exact) mass is 278 g/mol. The molecule has 0 bridgehead atoms. The number of amides is 1. The van der Waals surface area contributed by atoms with Crippen LogP contribution < -0.4 is 10.0 Å². The van der Waals surface area contributed by atoms with Gasteiger partial charge in [-0.15, -0.1) is 0 Å². The summed E-state index contributed by atoms with van der Waals surface area (Å²) in [6.45, 7) is 1.50. The van der Waals surface area contributed by atoms with E-state index in [-0.39, 0.29) is 0 Å². The van der Waals surface area contributed by atoms with Gasteiger partial charge in [0.15, 0.2) is 0 Å². The van der Waals surface area contributed by atoms with Gasteiger partial charge in [-0.25, -0.2) is 4.21 Å². The predicted molar refractivity (Wildman–Crippen MR) is 75.9 cm³/mol. The molecule has 3 N–H and O–H groups in total. The lowest BCUT2D eigenvalue weighted by atomic mass is 10.1. The fraction of sp³-hybridized carbons (Fsp3) is 0.154. The third-order valence-electron chi connectivity index (χ3n) is 2.94. The molecule has 0 aromatic heterocycles. The van der Waals surface area contributed by atoms with Crippen molar-refractivity contribution in [1.82, 2.24) is 0 Å². The number of hydrogen-bond acceptors (Lipinski definition) is 2. The Labute approximate surface area is 113 Å². The molecule has 19 heavy (non-hydrogen) atoms. The largest absolute Gasteiger partial charge is 0.368 e. The second kappa shape index (κ2) is 5.38. The van der Waals surface area contributed by atoms with Crippen LogP contribution >= 0.6 is 0 Å². The Kier molecular flexibility index (Phi) is 3.82. The van der Waals surface area contributed by atoms with E-state index in [2.05, 4.69) is 0 Å². The van der Waals surface area contributed by atoms with E-state index in [0.717, 1.165) is 15.1 Å². The van der Waals surface area contributed by atoms with Crippen molar-refractivity contribution in [3.63, 3.8) is 0 Å². The Hall–Kier alpha value is -1.92. The molecule has 0 aliphatic carbocycles. The van der Waals surface area contributed by atoms with Crippen molar-refractivity contribution in [2.45, 2.75) is 13.0 Å². The summed E-state index contributed by atoms with van der Waals surface area (Å²) < 4.78 is 22.1. The molecule has 1 amide bonds. The molecule has 2 aromatic carbocycles. The lowest BCUT2D eigenvalue weighted by molar-refractivity contribution is -0.118. The molecule has 5 nitrogen and oxygen atoms in total. The number of nitrogens with two attached hydrogens (primary N) is 1. The van der Waals surface area contributed by atoms with Crippen LogP contribution in [0.3, 0.4) is 0 Å². The third-order valence-corrected chi connectivity index (χ3v) is 3.79. The maximum absolute atomic E-state index is 11.5. The third kappa shape index (κ3) is 2.59. The van der Waals surface area contributed by atoms with Crippen molar-refractivity contribution in [2.75, 3.05) is 4.31 Å². The molecule has 0 aliphatic heterocycles. The van der Waals surface area contributed by atoms with Crippen LogP contribution in [0.1, 0.15) is 6.92 Å². The number of carbonyl (C=O) groups excluding carboxylic acids is 1. The van der Waals surface area contributed by atoms with Gasteiger partial charge in [-0.2, -0.15) is 0 Å². The molecule has 2 rings (SSSR count). The Balaban J connectivity index is 2.63. The first-order valence-corrected chi connectivity index (χ1v) is 6.76. The van der Waals surface area contributed by atoms with Crippen LogP contribution in [0, 0.1) is 0 Å². The second-order valence-electron chi connectivity index (χ2n) is 4.13. The van der Waals surface area contributed by atoms with E-state index in [0.29, 0.717) is 5.69 Å². The molecule has 2 atom stereocenters. The van der Waals surface area contributed by atoms with E-state index in [4.69, 9.17) is 5.73 Å². The molecule has 0 saturated carbocycles. The summed E-state index contributed by atoms with van der Waals surface area (Å²) in [5, 5.41) is 1.72. The molecule has 0 radical (unpaired) electrons. The van der Waals surface area contributed by atoms with Gasteiger partial charge in [0.1, 0.15) is 6.04 Å². The average Bonchev–Trinajstić information content (AvgIpc) is 2.38. The number of nitrogens with zero attached hydrogens (tertiary/aromatic N) is 1. The molecule has 0 saturated heterocycles. The predicted octanol–water partition coefficient (Wildman–Crippen LogP) is 1.66. The number of rotatable bonds is 4. The highest BCUT2D eigenvalue weighted by Crippen LogP contribution is 2.28. The number of benzene rings is 2. The zero-order valence-corrected chi connectivity index (χ0v) is 11.1. The SMILES string of the molecule is CC(C(N)=O)N(c1cccc2ccccc12)S(=O)O. The Morgan fingerprint density at radius 2 is 1.89 bits per heavy atom. The first-order valence-electron chi connectivity index (χ1n) is 5.69. The Morgan fingerprint density at radius 1 is 1.26 bits per heavy atom. The van der Waals surface area contributed by atoms with Gasteiger partial charge < -0.3 is 5.73 Å². The summed E-state index contributed by atoms with van der Waals surface area (Å²) >= 11 is -2.33. The van der Waals surface area contributed by atoms with Gasteiger partial charge in [-0.1, -0.05) is 36.4 Å². The van der Waals surface area contributed by atoms with Crippen molar-refractivity contribution < 1.29 is 13.6 Å². The van der Waals surface area contributed by atoms with E-state index in [9.17, 15) is 13.6 Å². The molecule has 0 spiro atoms. The minimum atomic E-state index is -2.33. The van der Waals surface area contributed by atoms with Gasteiger partial charge in [0, 0.05) is 5.39 Å². The Bertz CT molecular complexity index is 639. The lowest BCUT2D eigenvalue weighted by Gasteiger charge is -2.25. The minimum absolute atomic E-state index is 0.505. The first-order chi connectivity index (χ1) is 9.02. The number of anilines is 1. The second-order valence-corrected chi connectivity index (χ2v) is 4.99. The van der Waals surface area contributed by atoms with E-state index in [1.807, 2.05) is 30.3 Å². The van der Waals surface area contributed by atoms with Crippen LogP contribution in [0.2, 0.25) is 0 Å². The standard InChI is InChI=1S/C13H14N2O3S/c1-9(13(14)16)15(19(17)18)12-8-4-6-10-5-2-3-7-11(10)12/h2-9H,1H3,(H2,14,16)(H,17,18). The van der Waals surface area contributed by atoms with Crippen LogP contribution in [-0.2, 0) is 16.1 Å². The minimum Gasteiger partial charge on any atom is -0.368 e. The van der Waals surface area contributed by atoms with Gasteiger partial charge in [0.25, 0.3) is 11.3 Å². The van der Waals surface area contributed by atoms with Crippen molar-refractivity contribution in [3.05, 3.63) is 42.5 Å². The van der Waals surface area contributed by atoms with E-state index in [1.54, 1.807) is 12.1 Å². The molecule has 6 heteroatoms. The summed E-state index contributed by atoms with van der Waals surface area (Å²) in [4.78, 5) is 11.3. The smallest absolute Gasteiger partial charge is 0.262 e. The van der Waals surface area contributed by atoms with Crippen LogP contribution in [0.4, 0.5) is 5.69 Å². The van der Waals surface area contributed by atoms with Crippen LogP contribution in [-0.4, -0.2) is 20.7 Å². The van der Waals surface area contributed by atoms with E-state index < -0.39 is 23.2 Å². The van der Waals surface area contributed by atoms with Gasteiger partial charge in [0.05, 0.1) is 5.69 Å². The van der Waals surface area contributed by atoms with Gasteiger partial charge in [-0.3, -0.25) is 13.7 Å². The molecule has 0 fully saturated rings. The maximum Gasteiger partial charge on any atom is 0.262 e. The normalized spacial score (nSPS) is 14.0. The number of fused-ring (bicyclic) bond motifs is 1. The number of carbonyl (C=O) groups is 1. The van der Waals surface area contributed by atoms with Crippen molar-refractivity contribution in [1.29, 1.82) is 0 Å². The van der Waals surface area contributed by atoms with E-state index >= 15 is 0 Å². The number of primary amides is 1. The summed E-state index contributed by atoms with van der Waals surface area (Å²) in [6.07, 6.45) is 0. The highest BCUT2D eigenvalue weighted by molar-refractivity contribution is 7.80. The van der Waals surface area contributed by atoms with Gasteiger partial charge in [-0.05, 0) is 18.4 Å². The molecule has 2 unspecified atom stereocenters. The van der Waals surface area contributed by atoms with E-state index in [1.165, 1.54) is 6.92 Å². The van der Waals surface area contributed by atoms with Crippen molar-refractivity contribution in [3.8, 4) is 0 Å². The van der Waals surface area contributed by atoms with Crippen molar-refractivity contribution >= 4 is 33.6 Å². The average molecular weight is 278 g/mol.